The Balaban J connectivity index is 1.55. The van der Waals surface area contributed by atoms with Crippen molar-refractivity contribution in [1.82, 2.24) is 9.97 Å². The van der Waals surface area contributed by atoms with Crippen molar-refractivity contribution in [2.24, 2.45) is 11.7 Å². The molecule has 3 heterocycles. The number of nitrogens with two attached hydrogens (primary N) is 1. The van der Waals surface area contributed by atoms with Crippen LogP contribution < -0.4 is 16.0 Å². The van der Waals surface area contributed by atoms with Crippen LogP contribution in [0.4, 0.5) is 17.2 Å². The lowest BCUT2D eigenvalue weighted by atomic mass is 9.96. The molecule has 1 aliphatic rings. The predicted molar refractivity (Wildman–Crippen MR) is 114 cm³/mol. The van der Waals surface area contributed by atoms with E-state index in [1.165, 1.54) is 12.3 Å². The van der Waals surface area contributed by atoms with Crippen molar-refractivity contribution in [3.05, 3.63) is 64.6 Å². The molecule has 0 bridgehead atoms. The highest BCUT2D eigenvalue weighted by atomic mass is 16.6. The highest BCUT2D eigenvalue weighted by molar-refractivity contribution is 5.99. The molecule has 1 fully saturated rings. The van der Waals surface area contributed by atoms with Crippen molar-refractivity contribution in [3.63, 3.8) is 0 Å². The van der Waals surface area contributed by atoms with Gasteiger partial charge in [-0.1, -0.05) is 6.07 Å². The van der Waals surface area contributed by atoms with Gasteiger partial charge in [0.1, 0.15) is 5.82 Å². The molecule has 1 aliphatic heterocycles. The highest BCUT2D eigenvalue weighted by Crippen LogP contribution is 2.31. The van der Waals surface area contributed by atoms with Gasteiger partial charge in [0.15, 0.2) is 0 Å². The number of hydrogen-bond acceptors (Lipinski definition) is 7. The Hall–Kier alpha value is -3.75. The lowest BCUT2D eigenvalue weighted by molar-refractivity contribution is -0.383. The fourth-order valence-corrected chi connectivity index (χ4v) is 3.91. The summed E-state index contributed by atoms with van der Waals surface area (Å²) in [6, 6.07) is 8.86. The fourth-order valence-electron chi connectivity index (χ4n) is 3.91. The summed E-state index contributed by atoms with van der Waals surface area (Å²) < 4.78 is 0. The minimum absolute atomic E-state index is 0.0306. The molecule has 1 saturated heterocycles. The number of hydrogen-bond donors (Lipinski definition) is 2. The van der Waals surface area contributed by atoms with E-state index in [1.54, 1.807) is 24.5 Å². The number of piperidine rings is 1. The number of rotatable bonds is 6. The Morgan fingerprint density at radius 2 is 2.00 bits per heavy atom. The number of anilines is 2. The summed E-state index contributed by atoms with van der Waals surface area (Å²) in [6.45, 7) is 1.96. The zero-order valence-corrected chi connectivity index (χ0v) is 16.3. The summed E-state index contributed by atoms with van der Waals surface area (Å²) in [6.07, 6.45) is 6.33. The van der Waals surface area contributed by atoms with Crippen LogP contribution in [0.2, 0.25) is 0 Å². The van der Waals surface area contributed by atoms with E-state index in [4.69, 9.17) is 5.73 Å². The quantitative estimate of drug-likeness (QED) is 0.476. The van der Waals surface area contributed by atoms with Crippen LogP contribution in [0.25, 0.3) is 10.8 Å². The Morgan fingerprint density at radius 3 is 2.73 bits per heavy atom. The topological polar surface area (TPSA) is 127 Å². The van der Waals surface area contributed by atoms with Gasteiger partial charge in [0, 0.05) is 66.8 Å². The van der Waals surface area contributed by atoms with Crippen LogP contribution in [0.1, 0.15) is 18.4 Å². The van der Waals surface area contributed by atoms with E-state index >= 15 is 0 Å². The molecule has 2 aromatic heterocycles. The number of nitrogens with one attached hydrogen (secondary N) is 1. The van der Waals surface area contributed by atoms with Gasteiger partial charge in [-0.15, -0.1) is 0 Å². The van der Waals surface area contributed by atoms with Crippen LogP contribution in [-0.2, 0) is 11.3 Å². The third-order valence-electron chi connectivity index (χ3n) is 5.53. The molecule has 1 aromatic carbocycles. The summed E-state index contributed by atoms with van der Waals surface area (Å²) in [7, 11) is 0. The molecule has 0 aliphatic carbocycles. The van der Waals surface area contributed by atoms with Crippen molar-refractivity contribution in [1.29, 1.82) is 0 Å². The SMILES string of the molecule is NC(=O)C1CCN(c2ncccc2CNc2ccc([N+](=O)[O-])c3cnccc23)CC1. The minimum atomic E-state index is -0.400. The number of aromatic nitrogens is 2. The van der Waals surface area contributed by atoms with Crippen molar-refractivity contribution < 1.29 is 9.72 Å². The zero-order valence-electron chi connectivity index (χ0n) is 16.3. The molecule has 0 spiro atoms. The van der Waals surface area contributed by atoms with E-state index in [-0.39, 0.29) is 17.5 Å². The number of nitro benzene ring substituents is 1. The van der Waals surface area contributed by atoms with Gasteiger partial charge in [-0.05, 0) is 31.0 Å². The van der Waals surface area contributed by atoms with Crippen molar-refractivity contribution in [3.8, 4) is 0 Å². The second-order valence-electron chi connectivity index (χ2n) is 7.31. The van der Waals surface area contributed by atoms with Gasteiger partial charge >= 0.3 is 0 Å². The fraction of sp³-hybridized carbons (Fsp3) is 0.286. The monoisotopic (exact) mass is 406 g/mol. The Kier molecular flexibility index (Phi) is 5.42. The van der Waals surface area contributed by atoms with Crippen LogP contribution in [0.5, 0.6) is 0 Å². The van der Waals surface area contributed by atoms with Gasteiger partial charge < -0.3 is 16.0 Å². The number of amides is 1. The molecule has 1 amide bonds. The maximum Gasteiger partial charge on any atom is 0.278 e. The Morgan fingerprint density at radius 1 is 1.20 bits per heavy atom. The molecule has 3 aromatic rings. The smallest absolute Gasteiger partial charge is 0.278 e. The molecule has 0 unspecified atom stereocenters. The molecule has 0 radical (unpaired) electrons. The number of pyridine rings is 2. The summed E-state index contributed by atoms with van der Waals surface area (Å²) >= 11 is 0. The van der Waals surface area contributed by atoms with Gasteiger partial charge in [0.05, 0.1) is 10.3 Å². The lowest BCUT2D eigenvalue weighted by Gasteiger charge is -2.32. The van der Waals surface area contributed by atoms with Crippen molar-refractivity contribution >= 4 is 33.9 Å². The predicted octanol–water partition coefficient (Wildman–Crippen LogP) is 2.85. The second kappa shape index (κ2) is 8.32. The maximum atomic E-state index is 11.4. The molecule has 3 N–H and O–H groups in total. The standard InChI is InChI=1S/C21H22N6O3/c22-20(28)14-6-10-26(11-7-14)21-15(2-1-8-24-21)12-25-18-3-4-19(27(29)30)17-13-23-9-5-16(17)18/h1-5,8-9,13-14,25H,6-7,10-12H2,(H2,22,28). The molecule has 4 rings (SSSR count). The van der Waals surface area contributed by atoms with E-state index in [2.05, 4.69) is 20.2 Å². The zero-order chi connectivity index (χ0) is 21.1. The number of fused-ring (bicyclic) bond motifs is 1. The number of non-ortho nitro benzene ring substituents is 1. The average Bonchev–Trinajstić information content (AvgIpc) is 2.77. The summed E-state index contributed by atoms with van der Waals surface area (Å²) in [5, 5.41) is 15.9. The van der Waals surface area contributed by atoms with Gasteiger partial charge in [-0.3, -0.25) is 19.9 Å². The third-order valence-corrected chi connectivity index (χ3v) is 5.53. The van der Waals surface area contributed by atoms with E-state index in [0.717, 1.165) is 48.4 Å². The first kappa shape index (κ1) is 19.6. The van der Waals surface area contributed by atoms with Crippen LogP contribution in [0, 0.1) is 16.0 Å². The molecule has 0 saturated carbocycles. The second-order valence-corrected chi connectivity index (χ2v) is 7.31. The maximum absolute atomic E-state index is 11.4. The van der Waals surface area contributed by atoms with Gasteiger partial charge in [-0.2, -0.15) is 0 Å². The van der Waals surface area contributed by atoms with E-state index in [0.29, 0.717) is 11.9 Å². The van der Waals surface area contributed by atoms with Crippen molar-refractivity contribution in [2.45, 2.75) is 19.4 Å². The van der Waals surface area contributed by atoms with E-state index in [9.17, 15) is 14.9 Å². The van der Waals surface area contributed by atoms with Crippen molar-refractivity contribution in [2.75, 3.05) is 23.3 Å². The Bertz CT molecular complexity index is 1100. The minimum Gasteiger partial charge on any atom is -0.380 e. The first-order valence-corrected chi connectivity index (χ1v) is 9.77. The summed E-state index contributed by atoms with van der Waals surface area (Å²) in [5.74, 6) is 0.560. The lowest BCUT2D eigenvalue weighted by Crippen LogP contribution is -2.39. The normalized spacial score (nSPS) is 14.6. The molecule has 9 nitrogen and oxygen atoms in total. The van der Waals surface area contributed by atoms with Gasteiger partial charge in [0.25, 0.3) is 5.69 Å². The number of nitro groups is 1. The number of benzene rings is 1. The van der Waals surface area contributed by atoms with Crippen LogP contribution in [0.15, 0.2) is 48.9 Å². The van der Waals surface area contributed by atoms with Crippen LogP contribution >= 0.6 is 0 Å². The summed E-state index contributed by atoms with van der Waals surface area (Å²) in [4.78, 5) is 33.1. The molecule has 0 atom stereocenters. The average molecular weight is 406 g/mol. The number of carbonyl (C=O) groups excluding carboxylic acids is 1. The third kappa shape index (κ3) is 3.86. The van der Waals surface area contributed by atoms with Crippen LogP contribution in [-0.4, -0.2) is 33.9 Å². The number of nitrogens with zero attached hydrogens (tertiary/aromatic N) is 4. The Labute approximate surface area is 173 Å². The first-order chi connectivity index (χ1) is 14.5. The number of carbonyl (C=O) groups is 1. The first-order valence-electron chi connectivity index (χ1n) is 9.77. The molecular formula is C21H22N6O3. The van der Waals surface area contributed by atoms with Gasteiger partial charge in [0.2, 0.25) is 5.91 Å². The van der Waals surface area contributed by atoms with Crippen LogP contribution in [0.3, 0.4) is 0 Å². The van der Waals surface area contributed by atoms with E-state index < -0.39 is 4.92 Å². The highest BCUT2D eigenvalue weighted by Gasteiger charge is 2.25. The molecule has 30 heavy (non-hydrogen) atoms. The molecule has 9 heteroatoms. The summed E-state index contributed by atoms with van der Waals surface area (Å²) in [5.41, 5.74) is 7.27. The molecule has 154 valence electrons. The van der Waals surface area contributed by atoms with Gasteiger partial charge in [-0.25, -0.2) is 4.98 Å². The van der Waals surface area contributed by atoms with E-state index in [1.807, 2.05) is 12.1 Å². The number of primary amides is 1. The largest absolute Gasteiger partial charge is 0.380 e. The molecular weight excluding hydrogens is 384 g/mol.